The van der Waals surface area contributed by atoms with Gasteiger partial charge in [0, 0.05) is 29.5 Å². The zero-order chi connectivity index (χ0) is 14.7. The van der Waals surface area contributed by atoms with Gasteiger partial charge in [0.25, 0.3) is 0 Å². The van der Waals surface area contributed by atoms with Crippen molar-refractivity contribution in [3.05, 3.63) is 32.5 Å². The molecule has 1 aliphatic heterocycles. The lowest BCUT2D eigenvalue weighted by atomic mass is 10.1. The average molecular weight is 323 g/mol. The minimum absolute atomic E-state index is 0.329. The smallest absolute Gasteiger partial charge is 0.0916 e. The van der Waals surface area contributed by atoms with Crippen LogP contribution >= 0.6 is 22.9 Å². The Labute approximate surface area is 133 Å². The Morgan fingerprint density at radius 1 is 1.33 bits per heavy atom. The van der Waals surface area contributed by atoms with Gasteiger partial charge in [0.1, 0.15) is 0 Å². The summed E-state index contributed by atoms with van der Waals surface area (Å²) < 4.78 is 9.86. The molecule has 1 saturated heterocycles. The number of hydrogen-bond donors (Lipinski definition) is 0. The van der Waals surface area contributed by atoms with E-state index in [1.807, 2.05) is 18.3 Å². The van der Waals surface area contributed by atoms with Crippen LogP contribution in [0.25, 0.3) is 0 Å². The molecule has 1 atom stereocenters. The van der Waals surface area contributed by atoms with Gasteiger partial charge in [0.15, 0.2) is 0 Å². The standard InChI is InChI=1S/C15H21N3OS2/c1-11-15(21-17-16-11)10-18(2)9-12-6-7-14(20-12)13-5-3-4-8-19-13/h6-7,13H,3-5,8-10H2,1-2H3/t13-/m1/s1. The molecule has 0 spiro atoms. The van der Waals surface area contributed by atoms with E-state index < -0.39 is 0 Å². The summed E-state index contributed by atoms with van der Waals surface area (Å²) in [6.45, 7) is 4.82. The van der Waals surface area contributed by atoms with Crippen LogP contribution in [0, 0.1) is 6.92 Å². The Bertz CT molecular complexity index is 575. The first-order valence-corrected chi connectivity index (χ1v) is 8.98. The van der Waals surface area contributed by atoms with Crippen LogP contribution in [-0.4, -0.2) is 28.1 Å². The molecule has 0 bridgehead atoms. The molecule has 0 N–H and O–H groups in total. The van der Waals surface area contributed by atoms with Gasteiger partial charge < -0.3 is 4.74 Å². The van der Waals surface area contributed by atoms with Crippen LogP contribution in [0.2, 0.25) is 0 Å². The molecule has 3 rings (SSSR count). The number of thiophene rings is 1. The van der Waals surface area contributed by atoms with Gasteiger partial charge in [-0.2, -0.15) is 0 Å². The quantitative estimate of drug-likeness (QED) is 0.839. The van der Waals surface area contributed by atoms with Crippen molar-refractivity contribution in [2.75, 3.05) is 13.7 Å². The second kappa shape index (κ2) is 6.96. The van der Waals surface area contributed by atoms with Gasteiger partial charge in [-0.15, -0.1) is 16.4 Å². The Morgan fingerprint density at radius 2 is 2.24 bits per heavy atom. The molecule has 2 aromatic heterocycles. The summed E-state index contributed by atoms with van der Waals surface area (Å²) in [6, 6.07) is 4.48. The van der Waals surface area contributed by atoms with Crippen molar-refractivity contribution < 1.29 is 4.74 Å². The van der Waals surface area contributed by atoms with Crippen molar-refractivity contribution >= 4 is 22.9 Å². The van der Waals surface area contributed by atoms with Crippen LogP contribution < -0.4 is 0 Å². The summed E-state index contributed by atoms with van der Waals surface area (Å²) in [6.07, 6.45) is 3.99. The monoisotopic (exact) mass is 323 g/mol. The van der Waals surface area contributed by atoms with Gasteiger partial charge in [-0.1, -0.05) is 4.49 Å². The molecule has 1 aliphatic rings. The zero-order valence-corrected chi connectivity index (χ0v) is 14.2. The first-order valence-electron chi connectivity index (χ1n) is 7.39. The van der Waals surface area contributed by atoms with E-state index in [0.717, 1.165) is 25.4 Å². The van der Waals surface area contributed by atoms with E-state index in [4.69, 9.17) is 4.74 Å². The average Bonchev–Trinajstić information content (AvgIpc) is 3.10. The molecular weight excluding hydrogens is 302 g/mol. The Balaban J connectivity index is 1.57. The first-order chi connectivity index (χ1) is 10.2. The molecule has 3 heterocycles. The van der Waals surface area contributed by atoms with Gasteiger partial charge in [-0.25, -0.2) is 0 Å². The van der Waals surface area contributed by atoms with Crippen LogP contribution in [0.3, 0.4) is 0 Å². The predicted molar refractivity (Wildman–Crippen MR) is 86.7 cm³/mol. The highest BCUT2D eigenvalue weighted by Crippen LogP contribution is 2.33. The number of aromatic nitrogens is 2. The molecule has 0 amide bonds. The fraction of sp³-hybridized carbons (Fsp3) is 0.600. The summed E-state index contributed by atoms with van der Waals surface area (Å²) in [5.41, 5.74) is 1.05. The molecule has 2 aromatic rings. The molecule has 6 heteroatoms. The Kier molecular flexibility index (Phi) is 5.00. The van der Waals surface area contributed by atoms with Gasteiger partial charge in [-0.05, 0) is 56.9 Å². The van der Waals surface area contributed by atoms with Crippen molar-refractivity contribution in [3.8, 4) is 0 Å². The van der Waals surface area contributed by atoms with Crippen LogP contribution in [-0.2, 0) is 17.8 Å². The van der Waals surface area contributed by atoms with Crippen LogP contribution in [0.1, 0.15) is 45.7 Å². The largest absolute Gasteiger partial charge is 0.373 e. The number of rotatable bonds is 5. The molecule has 0 aliphatic carbocycles. The maximum Gasteiger partial charge on any atom is 0.0916 e. The Hall–Kier alpha value is -0.820. The van der Waals surface area contributed by atoms with Crippen LogP contribution in [0.5, 0.6) is 0 Å². The lowest BCUT2D eigenvalue weighted by Crippen LogP contribution is -2.16. The number of hydrogen-bond acceptors (Lipinski definition) is 6. The van der Waals surface area contributed by atoms with Crippen LogP contribution in [0.4, 0.5) is 0 Å². The molecule has 21 heavy (non-hydrogen) atoms. The van der Waals surface area contributed by atoms with Crippen molar-refractivity contribution in [2.24, 2.45) is 0 Å². The number of ether oxygens (including phenoxy) is 1. The molecule has 0 saturated carbocycles. The molecule has 0 aromatic carbocycles. The van der Waals surface area contributed by atoms with E-state index in [0.29, 0.717) is 6.10 Å². The first kappa shape index (κ1) is 15.1. The molecular formula is C15H21N3OS2. The highest BCUT2D eigenvalue weighted by molar-refractivity contribution is 7.12. The molecule has 0 radical (unpaired) electrons. The van der Waals surface area contributed by atoms with E-state index in [1.165, 1.54) is 45.4 Å². The van der Waals surface area contributed by atoms with Gasteiger partial charge in [0.05, 0.1) is 16.7 Å². The van der Waals surface area contributed by atoms with Crippen LogP contribution in [0.15, 0.2) is 12.1 Å². The van der Waals surface area contributed by atoms with E-state index in [1.54, 1.807) is 0 Å². The van der Waals surface area contributed by atoms with Gasteiger partial charge in [-0.3, -0.25) is 4.90 Å². The van der Waals surface area contributed by atoms with Crippen molar-refractivity contribution in [1.29, 1.82) is 0 Å². The van der Waals surface area contributed by atoms with Crippen molar-refractivity contribution in [2.45, 2.75) is 45.4 Å². The lowest BCUT2D eigenvalue weighted by molar-refractivity contribution is 0.0172. The summed E-state index contributed by atoms with van der Waals surface area (Å²) in [5.74, 6) is 0. The summed E-state index contributed by atoms with van der Waals surface area (Å²) in [5, 5.41) is 4.07. The lowest BCUT2D eigenvalue weighted by Gasteiger charge is -2.21. The van der Waals surface area contributed by atoms with Crippen molar-refractivity contribution in [3.63, 3.8) is 0 Å². The third-order valence-corrected chi connectivity index (χ3v) is 5.73. The minimum Gasteiger partial charge on any atom is -0.373 e. The molecule has 1 fully saturated rings. The fourth-order valence-corrected chi connectivity index (χ4v) is 4.47. The maximum absolute atomic E-state index is 5.87. The summed E-state index contributed by atoms with van der Waals surface area (Å²) >= 11 is 3.39. The second-order valence-corrected chi connectivity index (χ2v) is 7.65. The molecule has 4 nitrogen and oxygen atoms in total. The molecule has 114 valence electrons. The predicted octanol–water partition coefficient (Wildman–Crippen LogP) is 3.78. The third-order valence-electron chi connectivity index (χ3n) is 3.76. The van der Waals surface area contributed by atoms with E-state index in [2.05, 4.69) is 33.7 Å². The minimum atomic E-state index is 0.329. The second-order valence-electron chi connectivity index (χ2n) is 5.61. The fourth-order valence-electron chi connectivity index (χ4n) is 2.58. The number of aryl methyl sites for hydroxylation is 1. The zero-order valence-electron chi connectivity index (χ0n) is 12.5. The third kappa shape index (κ3) is 3.88. The highest BCUT2D eigenvalue weighted by Gasteiger charge is 2.18. The SMILES string of the molecule is Cc1nnsc1CN(C)Cc1ccc([C@H]2CCCCO2)s1. The van der Waals surface area contributed by atoms with Gasteiger partial charge in [0.2, 0.25) is 0 Å². The molecule has 0 unspecified atom stereocenters. The summed E-state index contributed by atoms with van der Waals surface area (Å²) in [7, 11) is 2.15. The highest BCUT2D eigenvalue weighted by atomic mass is 32.1. The topological polar surface area (TPSA) is 38.2 Å². The summed E-state index contributed by atoms with van der Waals surface area (Å²) in [4.78, 5) is 6.36. The van der Waals surface area contributed by atoms with Crippen molar-refractivity contribution in [1.82, 2.24) is 14.5 Å². The normalized spacial score (nSPS) is 19.3. The van der Waals surface area contributed by atoms with E-state index >= 15 is 0 Å². The van der Waals surface area contributed by atoms with Gasteiger partial charge >= 0.3 is 0 Å². The number of nitrogens with zero attached hydrogens (tertiary/aromatic N) is 3. The van der Waals surface area contributed by atoms with E-state index in [9.17, 15) is 0 Å². The van der Waals surface area contributed by atoms with E-state index in [-0.39, 0.29) is 0 Å². The maximum atomic E-state index is 5.87. The Morgan fingerprint density at radius 3 is 2.95 bits per heavy atom.